The van der Waals surface area contributed by atoms with E-state index in [2.05, 4.69) is 12.2 Å². The maximum absolute atomic E-state index is 11.6. The Hall–Kier alpha value is -0.650. The lowest BCUT2D eigenvalue weighted by atomic mass is 10.0. The molecule has 0 aliphatic carbocycles. The number of amides is 1. The highest BCUT2D eigenvalue weighted by Gasteiger charge is 2.23. The van der Waals surface area contributed by atoms with Crippen LogP contribution in [0.25, 0.3) is 0 Å². The quantitative estimate of drug-likeness (QED) is 0.728. The van der Waals surface area contributed by atoms with Crippen LogP contribution in [0.5, 0.6) is 0 Å². The van der Waals surface area contributed by atoms with E-state index in [4.69, 9.17) is 9.47 Å². The molecule has 0 bridgehead atoms. The van der Waals surface area contributed by atoms with E-state index in [0.29, 0.717) is 12.1 Å². The van der Waals surface area contributed by atoms with Gasteiger partial charge in [-0.3, -0.25) is 4.79 Å². The predicted octanol–water partition coefficient (Wildman–Crippen LogP) is 0.638. The van der Waals surface area contributed by atoms with E-state index >= 15 is 0 Å². The average molecular weight is 258 g/mol. The number of piperidine rings is 1. The summed E-state index contributed by atoms with van der Waals surface area (Å²) in [5, 5.41) is 3.60. The summed E-state index contributed by atoms with van der Waals surface area (Å²) in [7, 11) is 3.29. The van der Waals surface area contributed by atoms with Crippen molar-refractivity contribution in [2.45, 2.75) is 38.3 Å². The van der Waals surface area contributed by atoms with Gasteiger partial charge < -0.3 is 19.7 Å². The summed E-state index contributed by atoms with van der Waals surface area (Å²) in [6.07, 6.45) is 3.09. The van der Waals surface area contributed by atoms with Gasteiger partial charge in [0.15, 0.2) is 0 Å². The van der Waals surface area contributed by atoms with E-state index in [0.717, 1.165) is 39.0 Å². The Morgan fingerprint density at radius 3 is 2.50 bits per heavy atom. The summed E-state index contributed by atoms with van der Waals surface area (Å²) >= 11 is 0. The van der Waals surface area contributed by atoms with Gasteiger partial charge in [-0.15, -0.1) is 0 Å². The molecule has 5 heteroatoms. The Morgan fingerprint density at radius 2 is 2.00 bits per heavy atom. The highest BCUT2D eigenvalue weighted by atomic mass is 16.5. The van der Waals surface area contributed by atoms with Crippen molar-refractivity contribution in [3.05, 3.63) is 0 Å². The Kier molecular flexibility index (Phi) is 7.23. The molecule has 18 heavy (non-hydrogen) atoms. The van der Waals surface area contributed by atoms with Crippen molar-refractivity contribution >= 4 is 5.91 Å². The molecular formula is C13H26N2O3. The van der Waals surface area contributed by atoms with E-state index in [1.54, 1.807) is 14.2 Å². The van der Waals surface area contributed by atoms with Crippen LogP contribution >= 0.6 is 0 Å². The number of ether oxygens (including phenoxy) is 2. The van der Waals surface area contributed by atoms with Crippen molar-refractivity contribution in [3.63, 3.8) is 0 Å². The molecule has 106 valence electrons. The fraction of sp³-hybridized carbons (Fsp3) is 0.923. The maximum Gasteiger partial charge on any atom is 0.248 e. The molecule has 0 aromatic heterocycles. The van der Waals surface area contributed by atoms with Crippen LogP contribution in [-0.2, 0) is 14.3 Å². The van der Waals surface area contributed by atoms with Gasteiger partial charge in [0, 0.05) is 39.4 Å². The number of rotatable bonds is 7. The fourth-order valence-corrected chi connectivity index (χ4v) is 2.33. The Balaban J connectivity index is 2.28. The summed E-state index contributed by atoms with van der Waals surface area (Å²) in [4.78, 5) is 13.5. The predicted molar refractivity (Wildman–Crippen MR) is 70.6 cm³/mol. The SMILES string of the molecule is CCC(COC)NC1CCN(C(=O)COC)CC1. The van der Waals surface area contributed by atoms with Gasteiger partial charge in [0.1, 0.15) is 6.61 Å². The van der Waals surface area contributed by atoms with E-state index in [1.165, 1.54) is 0 Å². The molecule has 1 aliphatic heterocycles. The topological polar surface area (TPSA) is 50.8 Å². The largest absolute Gasteiger partial charge is 0.383 e. The van der Waals surface area contributed by atoms with Crippen LogP contribution in [0, 0.1) is 0 Å². The number of methoxy groups -OCH3 is 2. The molecule has 1 saturated heterocycles. The van der Waals surface area contributed by atoms with E-state index in [-0.39, 0.29) is 12.5 Å². The number of nitrogens with one attached hydrogen (secondary N) is 1. The fourth-order valence-electron chi connectivity index (χ4n) is 2.33. The molecule has 1 fully saturated rings. The maximum atomic E-state index is 11.6. The van der Waals surface area contributed by atoms with Gasteiger partial charge in [0.25, 0.3) is 0 Å². The summed E-state index contributed by atoms with van der Waals surface area (Å²) in [6, 6.07) is 0.915. The molecule has 1 amide bonds. The second-order valence-corrected chi connectivity index (χ2v) is 4.82. The van der Waals surface area contributed by atoms with Crippen molar-refractivity contribution < 1.29 is 14.3 Å². The molecule has 0 aromatic carbocycles. The van der Waals surface area contributed by atoms with Crippen molar-refractivity contribution in [2.75, 3.05) is 40.5 Å². The van der Waals surface area contributed by atoms with E-state index in [9.17, 15) is 4.79 Å². The Morgan fingerprint density at radius 1 is 1.33 bits per heavy atom. The van der Waals surface area contributed by atoms with Crippen LogP contribution in [0.2, 0.25) is 0 Å². The van der Waals surface area contributed by atoms with Crippen LogP contribution in [-0.4, -0.2) is 63.4 Å². The van der Waals surface area contributed by atoms with Crippen LogP contribution < -0.4 is 5.32 Å². The van der Waals surface area contributed by atoms with Gasteiger partial charge in [0.2, 0.25) is 5.91 Å². The highest BCUT2D eigenvalue weighted by molar-refractivity contribution is 5.77. The molecule has 0 spiro atoms. The number of hydrogen-bond donors (Lipinski definition) is 1. The summed E-state index contributed by atoms with van der Waals surface area (Å²) in [5.74, 6) is 0.0971. The van der Waals surface area contributed by atoms with Crippen molar-refractivity contribution in [1.29, 1.82) is 0 Å². The molecule has 1 atom stereocenters. The molecule has 1 aliphatic rings. The van der Waals surface area contributed by atoms with Crippen LogP contribution in [0.3, 0.4) is 0 Å². The third kappa shape index (κ3) is 4.92. The number of carbonyl (C=O) groups is 1. The number of likely N-dealkylation sites (tertiary alicyclic amines) is 1. The van der Waals surface area contributed by atoms with Crippen LogP contribution in [0.4, 0.5) is 0 Å². The van der Waals surface area contributed by atoms with Gasteiger partial charge >= 0.3 is 0 Å². The third-order valence-electron chi connectivity index (χ3n) is 3.45. The first-order chi connectivity index (χ1) is 8.71. The minimum absolute atomic E-state index is 0.0971. The van der Waals surface area contributed by atoms with Gasteiger partial charge in [-0.1, -0.05) is 6.92 Å². The Bertz CT molecular complexity index is 240. The lowest BCUT2D eigenvalue weighted by Crippen LogP contribution is -2.49. The number of carbonyl (C=O) groups excluding carboxylic acids is 1. The number of nitrogens with zero attached hydrogens (tertiary/aromatic N) is 1. The first-order valence-corrected chi connectivity index (χ1v) is 6.73. The van der Waals surface area contributed by atoms with Crippen molar-refractivity contribution in [2.24, 2.45) is 0 Å². The molecule has 0 radical (unpaired) electrons. The standard InChI is InChI=1S/C13H26N2O3/c1-4-11(9-17-2)14-12-5-7-15(8-6-12)13(16)10-18-3/h11-12,14H,4-10H2,1-3H3. The Labute approximate surface area is 110 Å². The highest BCUT2D eigenvalue weighted by Crippen LogP contribution is 2.12. The summed E-state index contributed by atoms with van der Waals surface area (Å²) in [6.45, 7) is 4.75. The van der Waals surface area contributed by atoms with Crippen molar-refractivity contribution in [3.8, 4) is 0 Å². The first-order valence-electron chi connectivity index (χ1n) is 6.73. The molecule has 0 aromatic rings. The molecule has 0 saturated carbocycles. The van der Waals surface area contributed by atoms with Gasteiger partial charge in [-0.25, -0.2) is 0 Å². The van der Waals surface area contributed by atoms with Crippen LogP contribution in [0.15, 0.2) is 0 Å². The molecule has 1 unspecified atom stereocenters. The monoisotopic (exact) mass is 258 g/mol. The lowest BCUT2D eigenvalue weighted by Gasteiger charge is -2.34. The van der Waals surface area contributed by atoms with E-state index < -0.39 is 0 Å². The molecule has 1 rings (SSSR count). The normalized spacial score (nSPS) is 18.9. The molecule has 5 nitrogen and oxygen atoms in total. The van der Waals surface area contributed by atoms with E-state index in [1.807, 2.05) is 4.90 Å². The van der Waals surface area contributed by atoms with Gasteiger partial charge in [-0.2, -0.15) is 0 Å². The summed E-state index contributed by atoms with van der Waals surface area (Å²) < 4.78 is 10.1. The number of hydrogen-bond acceptors (Lipinski definition) is 4. The minimum atomic E-state index is 0.0971. The molecule has 1 N–H and O–H groups in total. The summed E-state index contributed by atoms with van der Waals surface area (Å²) in [5.41, 5.74) is 0. The first kappa shape index (κ1) is 15.4. The molecule has 1 heterocycles. The third-order valence-corrected chi connectivity index (χ3v) is 3.45. The molecular weight excluding hydrogens is 232 g/mol. The lowest BCUT2D eigenvalue weighted by molar-refractivity contribution is -0.136. The van der Waals surface area contributed by atoms with Crippen LogP contribution in [0.1, 0.15) is 26.2 Å². The minimum Gasteiger partial charge on any atom is -0.383 e. The smallest absolute Gasteiger partial charge is 0.248 e. The zero-order chi connectivity index (χ0) is 13.4. The zero-order valence-corrected chi connectivity index (χ0v) is 11.8. The zero-order valence-electron chi connectivity index (χ0n) is 11.8. The second-order valence-electron chi connectivity index (χ2n) is 4.82. The van der Waals surface area contributed by atoms with Gasteiger partial charge in [0.05, 0.1) is 6.61 Å². The second kappa shape index (κ2) is 8.45. The van der Waals surface area contributed by atoms with Gasteiger partial charge in [-0.05, 0) is 19.3 Å². The average Bonchev–Trinajstić information content (AvgIpc) is 2.39. The van der Waals surface area contributed by atoms with Crippen molar-refractivity contribution in [1.82, 2.24) is 10.2 Å².